The molecule has 112 valence electrons. The van der Waals surface area contributed by atoms with E-state index in [1.165, 1.54) is 0 Å². The van der Waals surface area contributed by atoms with E-state index in [-0.39, 0.29) is 6.84 Å². The predicted molar refractivity (Wildman–Crippen MR) is 97.0 cm³/mol. The molecule has 0 saturated heterocycles. The summed E-state index contributed by atoms with van der Waals surface area (Å²) in [5.74, 6) is 0. The average Bonchev–Trinajstić information content (AvgIpc) is 2.52. The van der Waals surface area contributed by atoms with Crippen LogP contribution in [-0.2, 0) is 5.41 Å². The molecule has 0 bridgehead atoms. The van der Waals surface area contributed by atoms with Crippen LogP contribution in [0.5, 0.6) is 0 Å². The average molecular weight is 282 g/mol. The molecule has 0 saturated carbocycles. The van der Waals surface area contributed by atoms with E-state index < -0.39 is 0 Å². The molecule has 0 heterocycles. The number of nitrogens with one attached hydrogen (secondary N) is 1. The highest BCUT2D eigenvalue weighted by atomic mass is 14.9. The van der Waals surface area contributed by atoms with Gasteiger partial charge in [0.1, 0.15) is 0 Å². The first-order chi connectivity index (χ1) is 9.96. The summed E-state index contributed by atoms with van der Waals surface area (Å²) >= 11 is 0. The largest absolute Gasteiger partial charge is 0.355 e. The zero-order valence-electron chi connectivity index (χ0n) is 13.2. The fraction of sp³-hybridized carbons (Fsp3) is 0.211. The normalized spacial score (nSPS) is 12.2. The van der Waals surface area contributed by atoms with Gasteiger partial charge in [-0.2, -0.15) is 0 Å². The van der Waals surface area contributed by atoms with Crippen LogP contribution in [0.25, 0.3) is 0 Å². The Labute approximate surface area is 129 Å². The highest BCUT2D eigenvalue weighted by Gasteiger charge is 2.17. The van der Waals surface area contributed by atoms with Gasteiger partial charge < -0.3 is 5.32 Å². The van der Waals surface area contributed by atoms with Gasteiger partial charge in [-0.25, -0.2) is 0 Å². The zero-order valence-corrected chi connectivity index (χ0v) is 13.2. The van der Waals surface area contributed by atoms with Crippen LogP contribution in [0, 0.1) is 0 Å². The summed E-state index contributed by atoms with van der Waals surface area (Å²) in [4.78, 5) is 4.27. The number of aliphatic imine (C=N–C) groups is 1. The Morgan fingerprint density at radius 3 is 2.29 bits per heavy atom. The number of benzene rings is 1. The van der Waals surface area contributed by atoms with Gasteiger partial charge in [0.2, 0.25) is 0 Å². The molecule has 1 aromatic rings. The number of hydrogen-bond donors (Lipinski definition) is 1. The first-order valence-corrected chi connectivity index (χ1v) is 6.96. The quantitative estimate of drug-likeness (QED) is 0.519. The maximum Gasteiger partial charge on any atom is 0.0600 e. The molecule has 0 atom stereocenters. The zero-order chi connectivity index (χ0) is 15.9. The monoisotopic (exact) mass is 282 g/mol. The summed E-state index contributed by atoms with van der Waals surface area (Å²) in [6, 6.07) is 8.18. The summed E-state index contributed by atoms with van der Waals surface area (Å²) in [5, 5.41) is 3.25. The van der Waals surface area contributed by atoms with E-state index in [0.717, 1.165) is 22.7 Å². The van der Waals surface area contributed by atoms with Crippen LogP contribution in [-0.4, -0.2) is 5.71 Å². The molecule has 2 heteroatoms. The van der Waals surface area contributed by atoms with Crippen molar-refractivity contribution in [2.75, 3.05) is 5.32 Å². The van der Waals surface area contributed by atoms with E-state index in [1.807, 2.05) is 44.2 Å². The van der Waals surface area contributed by atoms with Crippen LogP contribution >= 0.6 is 0 Å². The van der Waals surface area contributed by atoms with Gasteiger partial charge in [0.25, 0.3) is 0 Å². The van der Waals surface area contributed by atoms with Gasteiger partial charge in [-0.05, 0) is 38.5 Å². The minimum absolute atomic E-state index is 0. The van der Waals surface area contributed by atoms with Crippen molar-refractivity contribution >= 4 is 11.4 Å². The molecular formula is C19H26N2. The first-order valence-electron chi connectivity index (χ1n) is 6.96. The maximum absolute atomic E-state index is 4.27. The van der Waals surface area contributed by atoms with E-state index in [1.54, 1.807) is 6.20 Å². The van der Waals surface area contributed by atoms with Gasteiger partial charge in [0.05, 0.1) is 11.4 Å². The predicted octanol–water partition coefficient (Wildman–Crippen LogP) is 5.48. The SMILES string of the molecule is C=CC(C)(C=C)c1ccc(NC(=C)C(C)=N/C=C\C)cc1.[HH]. The number of rotatable bonds is 7. The second-order valence-corrected chi connectivity index (χ2v) is 5.07. The third-order valence-corrected chi connectivity index (χ3v) is 3.50. The fourth-order valence-electron chi connectivity index (χ4n) is 1.76. The molecular weight excluding hydrogens is 256 g/mol. The summed E-state index contributed by atoms with van der Waals surface area (Å²) in [7, 11) is 0. The Hall–Kier alpha value is -2.35. The van der Waals surface area contributed by atoms with E-state index in [2.05, 4.69) is 49.1 Å². The topological polar surface area (TPSA) is 24.4 Å². The molecule has 2 nitrogen and oxygen atoms in total. The number of allylic oxidation sites excluding steroid dienone is 4. The molecule has 0 radical (unpaired) electrons. The highest BCUT2D eigenvalue weighted by molar-refractivity contribution is 6.00. The Balaban J connectivity index is 0.00000441. The van der Waals surface area contributed by atoms with E-state index in [4.69, 9.17) is 0 Å². The molecule has 0 aliphatic carbocycles. The third-order valence-electron chi connectivity index (χ3n) is 3.50. The summed E-state index contributed by atoms with van der Waals surface area (Å²) < 4.78 is 0. The molecule has 0 fully saturated rings. The van der Waals surface area contributed by atoms with E-state index in [9.17, 15) is 0 Å². The first kappa shape index (κ1) is 16.7. The van der Waals surface area contributed by atoms with Gasteiger partial charge >= 0.3 is 0 Å². The van der Waals surface area contributed by atoms with Crippen molar-refractivity contribution in [2.24, 2.45) is 4.99 Å². The lowest BCUT2D eigenvalue weighted by molar-refractivity contribution is 0.762. The van der Waals surface area contributed by atoms with Gasteiger partial charge in [0, 0.05) is 18.7 Å². The Kier molecular flexibility index (Phi) is 5.92. The number of nitrogens with zero attached hydrogens (tertiary/aromatic N) is 1. The number of hydrogen-bond acceptors (Lipinski definition) is 2. The van der Waals surface area contributed by atoms with Crippen LogP contribution in [0.3, 0.4) is 0 Å². The maximum atomic E-state index is 4.27. The second kappa shape index (κ2) is 7.44. The summed E-state index contributed by atoms with van der Waals surface area (Å²) in [6.07, 6.45) is 7.44. The smallest absolute Gasteiger partial charge is 0.0600 e. The highest BCUT2D eigenvalue weighted by Crippen LogP contribution is 2.27. The molecule has 0 amide bonds. The van der Waals surface area contributed by atoms with Crippen molar-refractivity contribution in [1.82, 2.24) is 0 Å². The summed E-state index contributed by atoms with van der Waals surface area (Å²) in [6.45, 7) is 17.7. The van der Waals surface area contributed by atoms with Crippen LogP contribution in [0.4, 0.5) is 5.69 Å². The van der Waals surface area contributed by atoms with Crippen LogP contribution in [0.1, 0.15) is 27.8 Å². The molecule has 0 unspecified atom stereocenters. The molecule has 1 N–H and O–H groups in total. The van der Waals surface area contributed by atoms with Gasteiger partial charge in [-0.1, -0.05) is 36.9 Å². The van der Waals surface area contributed by atoms with Crippen molar-refractivity contribution < 1.29 is 1.43 Å². The minimum atomic E-state index is -0.209. The van der Waals surface area contributed by atoms with E-state index in [0.29, 0.717) is 0 Å². The molecule has 21 heavy (non-hydrogen) atoms. The van der Waals surface area contributed by atoms with Gasteiger partial charge in [-0.3, -0.25) is 4.99 Å². The third kappa shape index (κ3) is 4.32. The Morgan fingerprint density at radius 1 is 1.24 bits per heavy atom. The lowest BCUT2D eigenvalue weighted by atomic mass is 9.83. The molecule has 0 aromatic heterocycles. The molecule has 1 rings (SSSR count). The molecule has 1 aromatic carbocycles. The van der Waals surface area contributed by atoms with Gasteiger partial charge in [0.15, 0.2) is 0 Å². The van der Waals surface area contributed by atoms with Crippen molar-refractivity contribution in [3.63, 3.8) is 0 Å². The van der Waals surface area contributed by atoms with Crippen molar-refractivity contribution in [1.29, 1.82) is 0 Å². The fourth-order valence-corrected chi connectivity index (χ4v) is 1.76. The molecule has 0 aliphatic rings. The van der Waals surface area contributed by atoms with Crippen molar-refractivity contribution in [3.05, 3.63) is 79.7 Å². The second-order valence-electron chi connectivity index (χ2n) is 5.07. The lowest BCUT2D eigenvalue weighted by Crippen LogP contribution is -2.14. The minimum Gasteiger partial charge on any atom is -0.355 e. The van der Waals surface area contributed by atoms with Gasteiger partial charge in [-0.15, -0.1) is 13.2 Å². The van der Waals surface area contributed by atoms with Crippen LogP contribution < -0.4 is 5.32 Å². The standard InChI is InChI=1S/C19H24N2.H2/c1-7-14-20-15(4)16(5)21-18-12-10-17(11-13-18)19(6,8-2)9-3;/h7-14,21H,2-3,5H2,1,4,6H3;1H/b14-7-,20-15?;. The van der Waals surface area contributed by atoms with Crippen molar-refractivity contribution in [3.8, 4) is 0 Å². The van der Waals surface area contributed by atoms with E-state index >= 15 is 0 Å². The number of anilines is 1. The van der Waals surface area contributed by atoms with Crippen molar-refractivity contribution in [2.45, 2.75) is 26.2 Å². The molecule has 0 aliphatic heterocycles. The Bertz CT molecular complexity index is 572. The summed E-state index contributed by atoms with van der Waals surface area (Å²) in [5.41, 5.74) is 3.58. The molecule has 0 spiro atoms. The van der Waals surface area contributed by atoms with Crippen LogP contribution in [0.15, 0.2) is 79.1 Å². The lowest BCUT2D eigenvalue weighted by Gasteiger charge is -2.22. The van der Waals surface area contributed by atoms with Crippen LogP contribution in [0.2, 0.25) is 0 Å². The Morgan fingerprint density at radius 2 is 1.81 bits per heavy atom.